The Labute approximate surface area is 137 Å². The summed E-state index contributed by atoms with van der Waals surface area (Å²) in [5.74, 6) is 0.123. The quantitative estimate of drug-likeness (QED) is 0.645. The van der Waals surface area contributed by atoms with Gasteiger partial charge in [-0.1, -0.05) is 6.92 Å². The van der Waals surface area contributed by atoms with Gasteiger partial charge in [0.25, 0.3) is 5.69 Å². The summed E-state index contributed by atoms with van der Waals surface area (Å²) in [6.07, 6.45) is 0. The van der Waals surface area contributed by atoms with Crippen molar-refractivity contribution in [1.29, 1.82) is 0 Å². The number of aryl methyl sites for hydroxylation is 2. The monoisotopic (exact) mass is 334 g/mol. The fourth-order valence-electron chi connectivity index (χ4n) is 2.00. The van der Waals surface area contributed by atoms with Crippen molar-refractivity contribution in [2.24, 2.45) is 0 Å². The van der Waals surface area contributed by atoms with Crippen LogP contribution < -0.4 is 10.6 Å². The van der Waals surface area contributed by atoms with Gasteiger partial charge in [0.15, 0.2) is 0 Å². The molecule has 1 aromatic heterocycles. The summed E-state index contributed by atoms with van der Waals surface area (Å²) in [5, 5.41) is 19.1. The topological polar surface area (TPSA) is 97.2 Å². The van der Waals surface area contributed by atoms with Crippen molar-refractivity contribution in [1.82, 2.24) is 10.3 Å². The molecule has 122 valence electrons. The number of anilines is 1. The Morgan fingerprint density at radius 3 is 2.74 bits per heavy atom. The maximum atomic E-state index is 12.0. The molecule has 0 aliphatic heterocycles. The predicted molar refractivity (Wildman–Crippen MR) is 90.1 cm³/mol. The van der Waals surface area contributed by atoms with Crippen LogP contribution in [0.25, 0.3) is 0 Å². The van der Waals surface area contributed by atoms with E-state index in [0.717, 1.165) is 10.7 Å². The standard InChI is InChI=1S/C15H18N4O3S/c1-9-6-12(19(21)22)4-5-13(9)18-15(20)16-7-10(2)14-17-11(3)8-23-14/h4-6,8,10H,7H2,1-3H3,(H2,16,18,20)/t10-/m1/s1. The van der Waals surface area contributed by atoms with Gasteiger partial charge in [-0.3, -0.25) is 10.1 Å². The lowest BCUT2D eigenvalue weighted by molar-refractivity contribution is -0.384. The van der Waals surface area contributed by atoms with E-state index in [9.17, 15) is 14.9 Å². The molecule has 0 unspecified atom stereocenters. The molecule has 0 aliphatic carbocycles. The van der Waals surface area contributed by atoms with Crippen LogP contribution in [-0.4, -0.2) is 22.5 Å². The first-order chi connectivity index (χ1) is 10.9. The maximum Gasteiger partial charge on any atom is 0.319 e. The average Bonchev–Trinajstić information content (AvgIpc) is 2.93. The number of nitro groups is 1. The molecule has 1 heterocycles. The number of hydrogen-bond acceptors (Lipinski definition) is 5. The number of amides is 2. The number of benzene rings is 1. The van der Waals surface area contributed by atoms with Crippen LogP contribution in [0.1, 0.15) is 29.1 Å². The van der Waals surface area contributed by atoms with Crippen molar-refractivity contribution in [3.8, 4) is 0 Å². The second-order valence-electron chi connectivity index (χ2n) is 5.32. The summed E-state index contributed by atoms with van der Waals surface area (Å²) in [6.45, 7) is 6.11. The SMILES string of the molecule is Cc1csc([C@H](C)CNC(=O)Nc2ccc([N+](=O)[O-])cc2C)n1. The van der Waals surface area contributed by atoms with Gasteiger partial charge in [0, 0.05) is 41.4 Å². The zero-order valence-corrected chi connectivity index (χ0v) is 13.9. The predicted octanol–water partition coefficient (Wildman–Crippen LogP) is 3.59. The highest BCUT2D eigenvalue weighted by Crippen LogP contribution is 2.21. The average molecular weight is 334 g/mol. The summed E-state index contributed by atoms with van der Waals surface area (Å²) < 4.78 is 0. The number of nitrogens with zero attached hydrogens (tertiary/aromatic N) is 2. The highest BCUT2D eigenvalue weighted by atomic mass is 32.1. The minimum absolute atomic E-state index is 0.00113. The van der Waals surface area contributed by atoms with Crippen LogP contribution in [0.3, 0.4) is 0 Å². The van der Waals surface area contributed by atoms with Crippen LogP contribution in [-0.2, 0) is 0 Å². The Balaban J connectivity index is 1.91. The highest BCUT2D eigenvalue weighted by Gasteiger charge is 2.13. The Kier molecular flexibility index (Phi) is 5.28. The van der Waals surface area contributed by atoms with E-state index in [0.29, 0.717) is 17.8 Å². The molecule has 0 radical (unpaired) electrons. The van der Waals surface area contributed by atoms with Crippen molar-refractivity contribution >= 4 is 28.7 Å². The van der Waals surface area contributed by atoms with E-state index < -0.39 is 4.92 Å². The third-order valence-corrected chi connectivity index (χ3v) is 4.49. The molecule has 0 fully saturated rings. The van der Waals surface area contributed by atoms with Crippen molar-refractivity contribution in [3.63, 3.8) is 0 Å². The number of nitro benzene ring substituents is 1. The summed E-state index contributed by atoms with van der Waals surface area (Å²) in [4.78, 5) is 26.6. The second kappa shape index (κ2) is 7.19. The summed E-state index contributed by atoms with van der Waals surface area (Å²) in [7, 11) is 0. The van der Waals surface area contributed by atoms with Gasteiger partial charge in [-0.25, -0.2) is 9.78 Å². The van der Waals surface area contributed by atoms with Crippen LogP contribution in [0.15, 0.2) is 23.6 Å². The van der Waals surface area contributed by atoms with Crippen molar-refractivity contribution < 1.29 is 9.72 Å². The number of nitrogens with one attached hydrogen (secondary N) is 2. The van der Waals surface area contributed by atoms with E-state index in [1.165, 1.54) is 18.2 Å². The van der Waals surface area contributed by atoms with Gasteiger partial charge < -0.3 is 10.6 Å². The number of thiazole rings is 1. The van der Waals surface area contributed by atoms with E-state index in [1.54, 1.807) is 18.3 Å². The first-order valence-electron chi connectivity index (χ1n) is 7.08. The van der Waals surface area contributed by atoms with Gasteiger partial charge in [0.1, 0.15) is 0 Å². The van der Waals surface area contributed by atoms with E-state index in [2.05, 4.69) is 15.6 Å². The Hall–Kier alpha value is -2.48. The van der Waals surface area contributed by atoms with Crippen molar-refractivity contribution in [2.45, 2.75) is 26.7 Å². The molecule has 0 aliphatic rings. The number of carbonyl (C=O) groups is 1. The minimum atomic E-state index is -0.464. The lowest BCUT2D eigenvalue weighted by atomic mass is 10.2. The first-order valence-corrected chi connectivity index (χ1v) is 7.96. The molecular weight excluding hydrogens is 316 g/mol. The normalized spacial score (nSPS) is 11.8. The van der Waals surface area contributed by atoms with Gasteiger partial charge >= 0.3 is 6.03 Å². The molecule has 23 heavy (non-hydrogen) atoms. The van der Waals surface area contributed by atoms with Crippen LogP contribution in [0, 0.1) is 24.0 Å². The van der Waals surface area contributed by atoms with Crippen LogP contribution in [0.5, 0.6) is 0 Å². The van der Waals surface area contributed by atoms with E-state index in [-0.39, 0.29) is 17.6 Å². The number of urea groups is 1. The molecule has 0 saturated heterocycles. The van der Waals surface area contributed by atoms with Gasteiger partial charge in [0.2, 0.25) is 0 Å². The molecule has 1 aromatic carbocycles. The molecule has 0 saturated carbocycles. The number of carbonyl (C=O) groups excluding carboxylic acids is 1. The molecule has 2 N–H and O–H groups in total. The molecule has 1 atom stereocenters. The summed E-state index contributed by atoms with van der Waals surface area (Å²) >= 11 is 1.57. The number of aromatic nitrogens is 1. The Morgan fingerprint density at radius 1 is 1.43 bits per heavy atom. The molecule has 2 aromatic rings. The van der Waals surface area contributed by atoms with E-state index >= 15 is 0 Å². The molecule has 0 spiro atoms. The Bertz CT molecular complexity index is 729. The van der Waals surface area contributed by atoms with Gasteiger partial charge in [-0.2, -0.15) is 0 Å². The fraction of sp³-hybridized carbons (Fsp3) is 0.333. The molecule has 7 nitrogen and oxygen atoms in total. The minimum Gasteiger partial charge on any atom is -0.337 e. The zero-order chi connectivity index (χ0) is 17.0. The number of rotatable bonds is 5. The number of hydrogen-bond donors (Lipinski definition) is 2. The third-order valence-electron chi connectivity index (χ3n) is 3.30. The highest BCUT2D eigenvalue weighted by molar-refractivity contribution is 7.09. The lowest BCUT2D eigenvalue weighted by Crippen LogP contribution is -2.32. The van der Waals surface area contributed by atoms with Crippen LogP contribution in [0.4, 0.5) is 16.2 Å². The second-order valence-corrected chi connectivity index (χ2v) is 6.21. The summed E-state index contributed by atoms with van der Waals surface area (Å²) in [6, 6.07) is 3.97. The van der Waals surface area contributed by atoms with E-state index in [4.69, 9.17) is 0 Å². The molecule has 2 rings (SSSR count). The molecule has 8 heteroatoms. The smallest absolute Gasteiger partial charge is 0.319 e. The molecule has 2 amide bonds. The van der Waals surface area contributed by atoms with Crippen molar-refractivity contribution in [2.75, 3.05) is 11.9 Å². The molecular formula is C15H18N4O3S. The van der Waals surface area contributed by atoms with Crippen LogP contribution >= 0.6 is 11.3 Å². The first kappa shape index (κ1) is 16.9. The molecule has 0 bridgehead atoms. The van der Waals surface area contributed by atoms with Gasteiger partial charge in [0.05, 0.1) is 9.93 Å². The Morgan fingerprint density at radius 2 is 2.17 bits per heavy atom. The fourth-order valence-corrected chi connectivity index (χ4v) is 2.86. The van der Waals surface area contributed by atoms with Gasteiger partial charge in [-0.15, -0.1) is 11.3 Å². The van der Waals surface area contributed by atoms with E-state index in [1.807, 2.05) is 19.2 Å². The van der Waals surface area contributed by atoms with Gasteiger partial charge in [-0.05, 0) is 25.5 Å². The zero-order valence-electron chi connectivity index (χ0n) is 13.1. The van der Waals surface area contributed by atoms with Crippen LogP contribution in [0.2, 0.25) is 0 Å². The summed E-state index contributed by atoms with van der Waals surface area (Å²) in [5.41, 5.74) is 2.16. The largest absolute Gasteiger partial charge is 0.337 e. The third kappa shape index (κ3) is 4.49. The number of non-ortho nitro benzene ring substituents is 1. The van der Waals surface area contributed by atoms with Crippen molar-refractivity contribution in [3.05, 3.63) is 50.0 Å². The lowest BCUT2D eigenvalue weighted by Gasteiger charge is -2.12. The maximum absolute atomic E-state index is 12.0.